The second kappa shape index (κ2) is 26.9. The largest absolute Gasteiger partial charge is 0.480 e. The Kier molecular flexibility index (Phi) is 23.2. The molecule has 2 fully saturated rings. The van der Waals surface area contributed by atoms with Gasteiger partial charge < -0.3 is 73.2 Å². The molecule has 68 heavy (non-hydrogen) atoms. The maximum Gasteiger partial charge on any atom is 0.326 e. The van der Waals surface area contributed by atoms with E-state index in [1.54, 1.807) is 34.6 Å². The molecular formula is C44H76N10O14. The molecule has 0 aliphatic carbocycles. The van der Waals surface area contributed by atoms with E-state index in [-0.39, 0.29) is 50.7 Å². The lowest BCUT2D eigenvalue weighted by molar-refractivity contribution is -0.149. The van der Waals surface area contributed by atoms with Crippen LogP contribution in [0, 0.1) is 17.8 Å². The Balaban J connectivity index is 2.23. The Bertz CT molecular complexity index is 1810. The Hall–Kier alpha value is -5.46. The molecule has 2 saturated heterocycles. The zero-order valence-corrected chi connectivity index (χ0v) is 40.9. The van der Waals surface area contributed by atoms with Gasteiger partial charge in [-0.05, 0) is 77.6 Å². The molecule has 24 nitrogen and oxygen atoms in total. The summed E-state index contributed by atoms with van der Waals surface area (Å²) in [6, 6.07) is -12.1. The Labute approximate surface area is 397 Å². The molecule has 2 aliphatic rings. The molecule has 2 aliphatic heterocycles. The van der Waals surface area contributed by atoms with Crippen molar-refractivity contribution in [3.05, 3.63) is 0 Å². The summed E-state index contributed by atoms with van der Waals surface area (Å²) in [5, 5.41) is 58.8. The van der Waals surface area contributed by atoms with Crippen molar-refractivity contribution in [2.24, 2.45) is 23.5 Å². The molecule has 0 bridgehead atoms. The van der Waals surface area contributed by atoms with Gasteiger partial charge in [-0.1, -0.05) is 48.0 Å². The SMILES string of the molecule is CC[C@H](C)[C@H](NC(=O)CN)C(=O)N[C@@H](CC(C)C)C(=O)N[C@H](C(=O)N[C@H](C(=O)N[C@H](C(=O)N1CCC[C@H]1C(=O)N[C@H](C(=O)N[C@@H](C)C(=O)N1CCC[C@H]1C(=O)O)[C@@H](C)O)C(C)C)[C@@H](C)O)[C@@H](C)O. The molecular weight excluding hydrogens is 893 g/mol. The van der Waals surface area contributed by atoms with E-state index >= 15 is 0 Å². The van der Waals surface area contributed by atoms with Crippen LogP contribution in [0.2, 0.25) is 0 Å². The summed E-state index contributed by atoms with van der Waals surface area (Å²) in [5.74, 6) is -9.72. The Morgan fingerprint density at radius 3 is 1.46 bits per heavy atom. The van der Waals surface area contributed by atoms with Crippen molar-refractivity contribution in [2.75, 3.05) is 19.6 Å². The van der Waals surface area contributed by atoms with Crippen molar-refractivity contribution in [3.63, 3.8) is 0 Å². The lowest BCUT2D eigenvalue weighted by Crippen LogP contribution is -2.64. The Morgan fingerprint density at radius 1 is 0.559 bits per heavy atom. The monoisotopic (exact) mass is 969 g/mol. The number of carboxylic acid groups (broad SMARTS) is 1. The minimum absolute atomic E-state index is 0.0544. The standard InChI is InChI=1S/C44H76N10O14/c1-11-22(6)32(48-30(58)19-45)38(61)47-27(18-20(2)3)36(59)50-34(25(9)56)41(64)52-35(26(10)57)40(63)49-31(21(4)5)43(66)53-16-12-14-28(53)37(60)51-33(24(8)55)39(62)46-23(7)42(65)54-17-13-15-29(54)44(67)68/h20-29,31-35,55-57H,11-19,45H2,1-10H3,(H,46,62)(H,47,61)(H,48,58)(H,49,63)(H,50,59)(H,51,60)(H,52,64)(H,67,68)/t22-,23-,24+,25+,26+,27-,28-,29-,31-,32-,33-,34-,35-/m0/s1. The van der Waals surface area contributed by atoms with Crippen LogP contribution in [0.4, 0.5) is 0 Å². The van der Waals surface area contributed by atoms with Crippen LogP contribution in [-0.2, 0) is 47.9 Å². The van der Waals surface area contributed by atoms with Gasteiger partial charge in [0.1, 0.15) is 54.4 Å². The van der Waals surface area contributed by atoms with E-state index in [2.05, 4.69) is 37.2 Å². The van der Waals surface area contributed by atoms with Gasteiger partial charge in [0.05, 0.1) is 24.9 Å². The molecule has 0 radical (unpaired) electrons. The Morgan fingerprint density at radius 2 is 1.00 bits per heavy atom. The van der Waals surface area contributed by atoms with Crippen LogP contribution in [0.5, 0.6) is 0 Å². The van der Waals surface area contributed by atoms with Crippen molar-refractivity contribution < 1.29 is 68.4 Å². The molecule has 2 heterocycles. The number of hydrogen-bond donors (Lipinski definition) is 12. The summed E-state index contributed by atoms with van der Waals surface area (Å²) in [5.41, 5.74) is 5.44. The van der Waals surface area contributed by atoms with E-state index in [4.69, 9.17) is 5.73 Å². The number of likely N-dealkylation sites (tertiary alicyclic amines) is 2. The van der Waals surface area contributed by atoms with E-state index < -0.39 is 138 Å². The van der Waals surface area contributed by atoms with Gasteiger partial charge in [0.15, 0.2) is 0 Å². The van der Waals surface area contributed by atoms with Crippen LogP contribution in [0.15, 0.2) is 0 Å². The third kappa shape index (κ3) is 16.4. The number of rotatable bonds is 25. The molecule has 0 spiro atoms. The number of hydrogen-bond acceptors (Lipinski definition) is 14. The van der Waals surface area contributed by atoms with Crippen molar-refractivity contribution in [3.8, 4) is 0 Å². The predicted molar refractivity (Wildman–Crippen MR) is 244 cm³/mol. The first-order valence-corrected chi connectivity index (χ1v) is 23.4. The lowest BCUT2D eigenvalue weighted by atomic mass is 9.96. The number of carbonyl (C=O) groups excluding carboxylic acids is 9. The first-order chi connectivity index (χ1) is 31.7. The molecule has 13 atom stereocenters. The first kappa shape index (κ1) is 58.7. The highest BCUT2D eigenvalue weighted by molar-refractivity contribution is 5.99. The van der Waals surface area contributed by atoms with Gasteiger partial charge in [-0.3, -0.25) is 43.2 Å². The van der Waals surface area contributed by atoms with Gasteiger partial charge >= 0.3 is 5.97 Å². The molecule has 9 amide bonds. The summed E-state index contributed by atoms with van der Waals surface area (Å²) in [4.78, 5) is 135. The number of aliphatic hydroxyl groups is 3. The van der Waals surface area contributed by atoms with Crippen LogP contribution < -0.4 is 43.0 Å². The van der Waals surface area contributed by atoms with Crippen molar-refractivity contribution in [1.82, 2.24) is 47.0 Å². The van der Waals surface area contributed by atoms with Crippen molar-refractivity contribution in [2.45, 2.75) is 180 Å². The number of aliphatic hydroxyl groups excluding tert-OH is 3. The third-order valence-electron chi connectivity index (χ3n) is 12.1. The van der Waals surface area contributed by atoms with Gasteiger partial charge in [-0.25, -0.2) is 4.79 Å². The molecule has 0 aromatic heterocycles. The molecule has 2 rings (SSSR count). The van der Waals surface area contributed by atoms with E-state index in [0.29, 0.717) is 19.3 Å². The first-order valence-electron chi connectivity index (χ1n) is 23.4. The molecule has 0 aromatic carbocycles. The second-order valence-electron chi connectivity index (χ2n) is 18.7. The fourth-order valence-electron chi connectivity index (χ4n) is 8.00. The topological polar surface area (TPSA) is 368 Å². The van der Waals surface area contributed by atoms with Gasteiger partial charge in [0.25, 0.3) is 0 Å². The van der Waals surface area contributed by atoms with Crippen LogP contribution in [-0.4, -0.2) is 182 Å². The number of nitrogens with zero attached hydrogens (tertiary/aromatic N) is 2. The van der Waals surface area contributed by atoms with Crippen LogP contribution >= 0.6 is 0 Å². The smallest absolute Gasteiger partial charge is 0.326 e. The summed E-state index contributed by atoms with van der Waals surface area (Å²) < 4.78 is 0. The number of carboxylic acids is 1. The van der Waals surface area contributed by atoms with E-state index in [9.17, 15) is 68.4 Å². The zero-order valence-electron chi connectivity index (χ0n) is 40.9. The summed E-state index contributed by atoms with van der Waals surface area (Å²) in [6.45, 7) is 15.1. The van der Waals surface area contributed by atoms with Crippen molar-refractivity contribution in [1.29, 1.82) is 0 Å². The van der Waals surface area contributed by atoms with Crippen LogP contribution in [0.1, 0.15) is 108 Å². The number of nitrogens with one attached hydrogen (secondary N) is 7. The fraction of sp³-hybridized carbons (Fsp3) is 0.773. The minimum Gasteiger partial charge on any atom is -0.480 e. The maximum absolute atomic E-state index is 14.2. The number of nitrogens with two attached hydrogens (primary N) is 1. The predicted octanol–water partition coefficient (Wildman–Crippen LogP) is -3.68. The number of aliphatic carboxylic acids is 1. The van der Waals surface area contributed by atoms with Crippen LogP contribution in [0.3, 0.4) is 0 Å². The molecule has 386 valence electrons. The molecule has 0 saturated carbocycles. The van der Waals surface area contributed by atoms with Gasteiger partial charge in [0, 0.05) is 13.1 Å². The highest BCUT2D eigenvalue weighted by Crippen LogP contribution is 2.22. The minimum atomic E-state index is -1.75. The lowest BCUT2D eigenvalue weighted by Gasteiger charge is -2.33. The average molecular weight is 969 g/mol. The van der Waals surface area contributed by atoms with Gasteiger partial charge in [0.2, 0.25) is 53.2 Å². The average Bonchev–Trinajstić information content (AvgIpc) is 3.97. The number of carbonyl (C=O) groups is 10. The second-order valence-corrected chi connectivity index (χ2v) is 18.7. The number of amides is 9. The van der Waals surface area contributed by atoms with E-state index in [1.807, 2.05) is 6.92 Å². The quantitative estimate of drug-likeness (QED) is 0.0419. The molecule has 0 aromatic rings. The molecule has 24 heteroatoms. The summed E-state index contributed by atoms with van der Waals surface area (Å²) >= 11 is 0. The van der Waals surface area contributed by atoms with E-state index in [0.717, 1.165) is 4.90 Å². The highest BCUT2D eigenvalue weighted by Gasteiger charge is 2.43. The van der Waals surface area contributed by atoms with Gasteiger partial charge in [-0.2, -0.15) is 0 Å². The van der Waals surface area contributed by atoms with E-state index in [1.165, 1.54) is 32.6 Å². The molecule has 13 N–H and O–H groups in total. The van der Waals surface area contributed by atoms with Crippen LogP contribution in [0.25, 0.3) is 0 Å². The summed E-state index contributed by atoms with van der Waals surface area (Å²) in [6.07, 6.45) is -2.88. The molecule has 0 unspecified atom stereocenters. The van der Waals surface area contributed by atoms with Crippen molar-refractivity contribution >= 4 is 59.1 Å². The fourth-order valence-corrected chi connectivity index (χ4v) is 8.00. The maximum atomic E-state index is 14.2. The third-order valence-corrected chi connectivity index (χ3v) is 12.1. The summed E-state index contributed by atoms with van der Waals surface area (Å²) in [7, 11) is 0. The van der Waals surface area contributed by atoms with Gasteiger partial charge in [-0.15, -0.1) is 0 Å². The zero-order chi connectivity index (χ0) is 51.9. The highest BCUT2D eigenvalue weighted by atomic mass is 16.4. The normalized spacial score (nSPS) is 20.8.